The lowest BCUT2D eigenvalue weighted by atomic mass is 10.00. The predicted molar refractivity (Wildman–Crippen MR) is 157 cm³/mol. The maximum atomic E-state index is 12.6. The number of carbonyl (C=O) groups is 2. The Bertz CT molecular complexity index is 1200. The maximum Gasteiger partial charge on any atom is 0.321 e. The first-order valence-electron chi connectivity index (χ1n) is 13.7. The van der Waals surface area contributed by atoms with E-state index in [1.807, 2.05) is 72.8 Å². The molecule has 3 aromatic carbocycles. The highest BCUT2D eigenvalue weighted by Crippen LogP contribution is 2.25. The highest BCUT2D eigenvalue weighted by atomic mass is 16.5. The number of hydrogen-bond donors (Lipinski definition) is 3. The summed E-state index contributed by atoms with van der Waals surface area (Å²) in [4.78, 5) is 26.2. The normalized spacial score (nSPS) is 11.6. The van der Waals surface area contributed by atoms with Gasteiger partial charge in [-0.05, 0) is 47.7 Å². The van der Waals surface area contributed by atoms with Crippen LogP contribution >= 0.6 is 0 Å². The third-order valence-electron chi connectivity index (χ3n) is 6.85. The van der Waals surface area contributed by atoms with Gasteiger partial charge in [0.25, 0.3) is 0 Å². The van der Waals surface area contributed by atoms with E-state index in [2.05, 4.69) is 17.6 Å². The molecule has 0 aliphatic carbocycles. The molecule has 2 amide bonds. The molecule has 0 bridgehead atoms. The highest BCUT2D eigenvalue weighted by Gasteiger charge is 2.18. The van der Waals surface area contributed by atoms with Crippen LogP contribution < -0.4 is 20.3 Å². The van der Waals surface area contributed by atoms with Crippen LogP contribution in [0.3, 0.4) is 0 Å². The number of urea groups is 1. The van der Waals surface area contributed by atoms with Gasteiger partial charge < -0.3 is 15.2 Å². The number of carboxylic acids is 1. The van der Waals surface area contributed by atoms with Crippen molar-refractivity contribution in [3.8, 4) is 16.9 Å². The van der Waals surface area contributed by atoms with Gasteiger partial charge in [0.2, 0.25) is 0 Å². The lowest BCUT2D eigenvalue weighted by Crippen LogP contribution is -2.38. The zero-order valence-electron chi connectivity index (χ0n) is 23.3. The van der Waals surface area contributed by atoms with Gasteiger partial charge in [-0.15, -0.1) is 0 Å². The van der Waals surface area contributed by atoms with E-state index < -0.39 is 12.0 Å². The molecule has 1 atom stereocenters. The van der Waals surface area contributed by atoms with Crippen molar-refractivity contribution in [2.45, 2.75) is 58.0 Å². The van der Waals surface area contributed by atoms with Crippen LogP contribution in [-0.2, 0) is 17.8 Å². The van der Waals surface area contributed by atoms with Crippen LogP contribution in [0.25, 0.3) is 11.1 Å². The van der Waals surface area contributed by atoms with Gasteiger partial charge in [-0.2, -0.15) is 0 Å². The van der Waals surface area contributed by atoms with Crippen LogP contribution in [0.1, 0.15) is 50.2 Å². The number of para-hydroxylation sites is 1. The topological polar surface area (TPSA) is 90.9 Å². The summed E-state index contributed by atoms with van der Waals surface area (Å²) in [7, 11) is 3.38. The molecule has 0 fully saturated rings. The lowest BCUT2D eigenvalue weighted by molar-refractivity contribution is -0.139. The van der Waals surface area contributed by atoms with Crippen LogP contribution in [0.15, 0.2) is 72.8 Å². The molecular weight excluding hydrogens is 490 g/mol. The Kier molecular flexibility index (Phi) is 11.8. The van der Waals surface area contributed by atoms with Gasteiger partial charge in [-0.1, -0.05) is 87.2 Å². The Labute approximate surface area is 232 Å². The quantitative estimate of drug-likeness (QED) is 0.201. The molecule has 0 aromatic heterocycles. The van der Waals surface area contributed by atoms with E-state index in [4.69, 9.17) is 4.74 Å². The maximum absolute atomic E-state index is 12.6. The number of carbonyl (C=O) groups excluding carboxylic acids is 1. The number of nitrogens with one attached hydrogen (secondary N) is 2. The molecule has 0 radical (unpaired) electrons. The summed E-state index contributed by atoms with van der Waals surface area (Å²) in [5.41, 5.74) is 4.63. The Hall–Kier alpha value is -3.84. The molecule has 39 heavy (non-hydrogen) atoms. The fraction of sp³-hybridized carbons (Fsp3) is 0.375. The number of ether oxygens (including phenoxy) is 1. The van der Waals surface area contributed by atoms with Gasteiger partial charge in [0.1, 0.15) is 11.8 Å². The zero-order chi connectivity index (χ0) is 28.0. The fourth-order valence-corrected chi connectivity index (χ4v) is 4.45. The Morgan fingerprint density at radius 1 is 0.923 bits per heavy atom. The van der Waals surface area contributed by atoms with Crippen molar-refractivity contribution in [1.82, 2.24) is 10.6 Å². The number of benzene rings is 3. The monoisotopic (exact) mass is 531 g/mol. The van der Waals surface area contributed by atoms with E-state index in [9.17, 15) is 14.7 Å². The average molecular weight is 532 g/mol. The molecule has 3 rings (SSSR count). The van der Waals surface area contributed by atoms with E-state index in [1.165, 1.54) is 19.3 Å². The lowest BCUT2D eigenvalue weighted by Gasteiger charge is -2.19. The Morgan fingerprint density at radius 3 is 2.38 bits per heavy atom. The number of unbranched alkanes of at least 4 members (excludes halogenated alkanes) is 4. The molecule has 1 unspecified atom stereocenters. The van der Waals surface area contributed by atoms with Crippen LogP contribution in [0.2, 0.25) is 0 Å². The molecule has 0 saturated heterocycles. The minimum absolute atomic E-state index is 0.113. The van der Waals surface area contributed by atoms with Gasteiger partial charge in [-0.25, -0.2) is 4.79 Å². The standard InChI is InChI=1S/C32H41N3O4/c1-4-5-6-7-10-20-33-32(38)35(2)28-14-11-13-26(22-28)25-18-16-24(17-19-25)21-29(31(36)37)34-23-27-12-8-9-15-30(27)39-3/h8-9,11-19,22,29,34H,4-7,10,20-21,23H2,1-3H3,(H,33,38)(H,36,37). The van der Waals surface area contributed by atoms with Gasteiger partial charge in [0, 0.05) is 31.4 Å². The van der Waals surface area contributed by atoms with E-state index in [1.54, 1.807) is 19.1 Å². The van der Waals surface area contributed by atoms with Crippen molar-refractivity contribution >= 4 is 17.7 Å². The van der Waals surface area contributed by atoms with Crippen molar-refractivity contribution in [1.29, 1.82) is 0 Å². The molecule has 0 aliphatic rings. The van der Waals surface area contributed by atoms with Crippen molar-refractivity contribution in [3.05, 3.63) is 83.9 Å². The zero-order valence-corrected chi connectivity index (χ0v) is 23.3. The van der Waals surface area contributed by atoms with Crippen molar-refractivity contribution < 1.29 is 19.4 Å². The van der Waals surface area contributed by atoms with Gasteiger partial charge in [-0.3, -0.25) is 15.0 Å². The first-order valence-corrected chi connectivity index (χ1v) is 13.7. The second kappa shape index (κ2) is 15.5. The minimum Gasteiger partial charge on any atom is -0.496 e. The summed E-state index contributed by atoms with van der Waals surface area (Å²) in [6.07, 6.45) is 6.13. The number of hydrogen-bond acceptors (Lipinski definition) is 4. The molecule has 0 heterocycles. The number of rotatable bonds is 15. The summed E-state index contributed by atoms with van der Waals surface area (Å²) in [6.45, 7) is 3.27. The predicted octanol–water partition coefficient (Wildman–Crippen LogP) is 6.26. The smallest absolute Gasteiger partial charge is 0.321 e. The average Bonchev–Trinajstić information content (AvgIpc) is 2.96. The largest absolute Gasteiger partial charge is 0.496 e. The molecule has 0 saturated carbocycles. The Balaban J connectivity index is 1.59. The fourth-order valence-electron chi connectivity index (χ4n) is 4.45. The van der Waals surface area contributed by atoms with Crippen LogP contribution in [0, 0.1) is 0 Å². The molecule has 3 N–H and O–H groups in total. The molecular formula is C32H41N3O4. The second-order valence-corrected chi connectivity index (χ2v) is 9.74. The second-order valence-electron chi connectivity index (χ2n) is 9.74. The van der Waals surface area contributed by atoms with Crippen molar-refractivity contribution in [3.63, 3.8) is 0 Å². The molecule has 3 aromatic rings. The summed E-state index contributed by atoms with van der Waals surface area (Å²) in [6, 6.07) is 22.5. The summed E-state index contributed by atoms with van der Waals surface area (Å²) < 4.78 is 5.37. The summed E-state index contributed by atoms with van der Waals surface area (Å²) >= 11 is 0. The number of nitrogens with zero attached hydrogens (tertiary/aromatic N) is 1. The van der Waals surface area contributed by atoms with E-state index in [0.29, 0.717) is 19.5 Å². The summed E-state index contributed by atoms with van der Waals surface area (Å²) in [5, 5.41) is 15.9. The van der Waals surface area contributed by atoms with Gasteiger partial charge in [0.15, 0.2) is 0 Å². The van der Waals surface area contributed by atoms with Crippen molar-refractivity contribution in [2.24, 2.45) is 0 Å². The van der Waals surface area contributed by atoms with Crippen LogP contribution in [0.4, 0.5) is 10.5 Å². The highest BCUT2D eigenvalue weighted by molar-refractivity contribution is 5.92. The Morgan fingerprint density at radius 2 is 1.67 bits per heavy atom. The minimum atomic E-state index is -0.899. The number of aliphatic carboxylic acids is 1. The molecule has 7 nitrogen and oxygen atoms in total. The van der Waals surface area contributed by atoms with E-state index >= 15 is 0 Å². The number of anilines is 1. The number of methoxy groups -OCH3 is 1. The van der Waals surface area contributed by atoms with E-state index in [0.717, 1.165) is 46.5 Å². The third kappa shape index (κ3) is 9.14. The van der Waals surface area contributed by atoms with Crippen LogP contribution in [-0.4, -0.2) is 43.9 Å². The third-order valence-corrected chi connectivity index (χ3v) is 6.85. The molecule has 0 aliphatic heterocycles. The summed E-state index contributed by atoms with van der Waals surface area (Å²) in [5.74, 6) is -0.171. The van der Waals surface area contributed by atoms with Crippen molar-refractivity contribution in [2.75, 3.05) is 25.6 Å². The number of carboxylic acid groups (broad SMARTS) is 1. The van der Waals surface area contributed by atoms with Gasteiger partial charge in [0.05, 0.1) is 7.11 Å². The SMILES string of the molecule is CCCCCCCNC(=O)N(C)c1cccc(-c2ccc(CC(NCc3ccccc3OC)C(=O)O)cc2)c1. The van der Waals surface area contributed by atoms with Gasteiger partial charge >= 0.3 is 12.0 Å². The molecule has 0 spiro atoms. The first kappa shape index (κ1) is 29.7. The number of amides is 2. The van der Waals surface area contributed by atoms with Crippen LogP contribution in [0.5, 0.6) is 5.75 Å². The first-order chi connectivity index (χ1) is 18.9. The van der Waals surface area contributed by atoms with E-state index in [-0.39, 0.29) is 6.03 Å². The molecule has 7 heteroatoms. The molecule has 208 valence electrons.